The number of nitrogens with two attached hydrogens (primary N) is 1. The van der Waals surface area contributed by atoms with E-state index in [-0.39, 0.29) is 17.3 Å². The lowest BCUT2D eigenvalue weighted by Gasteiger charge is -2.31. The molecule has 116 valence electrons. The summed E-state index contributed by atoms with van der Waals surface area (Å²) in [5.74, 6) is 0. The predicted octanol–water partition coefficient (Wildman–Crippen LogP) is 3.33. The van der Waals surface area contributed by atoms with Gasteiger partial charge in [-0.2, -0.15) is 13.2 Å². The highest BCUT2D eigenvalue weighted by Gasteiger charge is 2.38. The Balaban J connectivity index is 2.30. The minimum Gasteiger partial charge on any atom is -0.397 e. The number of hydrogen-bond donors (Lipinski definition) is 1. The van der Waals surface area contributed by atoms with Crippen LogP contribution in [0, 0.1) is 0 Å². The van der Waals surface area contributed by atoms with Gasteiger partial charge in [0.2, 0.25) is 0 Å². The van der Waals surface area contributed by atoms with E-state index in [1.807, 2.05) is 20.8 Å². The zero-order chi connectivity index (χ0) is 16.0. The lowest BCUT2D eigenvalue weighted by Crippen LogP contribution is -2.44. The summed E-state index contributed by atoms with van der Waals surface area (Å²) < 4.78 is 37.9. The Morgan fingerprint density at radius 3 is 2.19 bits per heavy atom. The third-order valence-electron chi connectivity index (χ3n) is 3.46. The largest absolute Gasteiger partial charge is 0.416 e. The van der Waals surface area contributed by atoms with Crippen molar-refractivity contribution in [2.24, 2.45) is 0 Å². The van der Waals surface area contributed by atoms with Gasteiger partial charge in [0, 0.05) is 18.6 Å². The Labute approximate surface area is 121 Å². The molecule has 2 amide bonds. The average Bonchev–Trinajstić information content (AvgIpc) is 2.69. The molecule has 0 bridgehead atoms. The SMILES string of the molecule is CC(C)(C)N1CCN(c2ccc(C(F)(F)F)cc2N)C1=O. The van der Waals surface area contributed by atoms with Gasteiger partial charge < -0.3 is 10.6 Å². The predicted molar refractivity (Wildman–Crippen MR) is 75.1 cm³/mol. The molecule has 7 heteroatoms. The van der Waals surface area contributed by atoms with Crippen LogP contribution >= 0.6 is 0 Å². The summed E-state index contributed by atoms with van der Waals surface area (Å²) in [6.07, 6.45) is -4.45. The van der Waals surface area contributed by atoms with Crippen molar-refractivity contribution >= 4 is 17.4 Å². The molecular formula is C14H18F3N3O. The van der Waals surface area contributed by atoms with E-state index in [1.54, 1.807) is 4.90 Å². The van der Waals surface area contributed by atoms with Crippen LogP contribution in [-0.2, 0) is 6.18 Å². The van der Waals surface area contributed by atoms with Gasteiger partial charge in [0.25, 0.3) is 0 Å². The van der Waals surface area contributed by atoms with Crippen molar-refractivity contribution < 1.29 is 18.0 Å². The Kier molecular flexibility index (Phi) is 3.55. The van der Waals surface area contributed by atoms with Gasteiger partial charge in [0.15, 0.2) is 0 Å². The molecule has 1 aromatic carbocycles. The molecule has 21 heavy (non-hydrogen) atoms. The number of amides is 2. The first-order valence-electron chi connectivity index (χ1n) is 6.57. The number of anilines is 2. The summed E-state index contributed by atoms with van der Waals surface area (Å²) in [4.78, 5) is 15.4. The third-order valence-corrected chi connectivity index (χ3v) is 3.46. The summed E-state index contributed by atoms with van der Waals surface area (Å²) in [6, 6.07) is 2.82. The molecule has 2 N–H and O–H groups in total. The van der Waals surface area contributed by atoms with Gasteiger partial charge in [-0.1, -0.05) is 0 Å². The molecule has 0 radical (unpaired) electrons. The highest BCUT2D eigenvalue weighted by Crippen LogP contribution is 2.35. The lowest BCUT2D eigenvalue weighted by molar-refractivity contribution is -0.137. The second-order valence-corrected chi connectivity index (χ2v) is 6.03. The van der Waals surface area contributed by atoms with Gasteiger partial charge in [-0.25, -0.2) is 4.79 Å². The monoisotopic (exact) mass is 301 g/mol. The highest BCUT2D eigenvalue weighted by atomic mass is 19.4. The Morgan fingerprint density at radius 1 is 1.14 bits per heavy atom. The molecule has 0 aliphatic carbocycles. The maximum Gasteiger partial charge on any atom is 0.416 e. The Morgan fingerprint density at radius 2 is 1.76 bits per heavy atom. The first kappa shape index (κ1) is 15.5. The average molecular weight is 301 g/mol. The summed E-state index contributed by atoms with van der Waals surface area (Å²) >= 11 is 0. The number of nitrogen functional groups attached to an aromatic ring is 1. The van der Waals surface area contributed by atoms with E-state index in [0.29, 0.717) is 18.8 Å². The number of carbonyl (C=O) groups excluding carboxylic acids is 1. The van der Waals surface area contributed by atoms with E-state index < -0.39 is 11.7 Å². The molecule has 0 atom stereocenters. The molecule has 2 rings (SSSR count). The minimum atomic E-state index is -4.45. The number of urea groups is 1. The summed E-state index contributed by atoms with van der Waals surface area (Å²) in [5.41, 5.74) is 4.82. The molecule has 1 aliphatic rings. The Hall–Kier alpha value is -1.92. The van der Waals surface area contributed by atoms with Gasteiger partial charge in [0.1, 0.15) is 0 Å². The first-order valence-corrected chi connectivity index (χ1v) is 6.57. The number of nitrogens with zero attached hydrogens (tertiary/aromatic N) is 2. The molecule has 0 unspecified atom stereocenters. The van der Waals surface area contributed by atoms with E-state index in [0.717, 1.165) is 12.1 Å². The van der Waals surface area contributed by atoms with Gasteiger partial charge in [-0.3, -0.25) is 4.90 Å². The van der Waals surface area contributed by atoms with E-state index in [2.05, 4.69) is 0 Å². The van der Waals surface area contributed by atoms with Crippen LogP contribution < -0.4 is 10.6 Å². The fourth-order valence-electron chi connectivity index (χ4n) is 2.36. The Bertz CT molecular complexity index is 564. The van der Waals surface area contributed by atoms with Crippen molar-refractivity contribution in [1.29, 1.82) is 0 Å². The van der Waals surface area contributed by atoms with Crippen molar-refractivity contribution in [2.75, 3.05) is 23.7 Å². The summed E-state index contributed by atoms with van der Waals surface area (Å²) in [6.45, 7) is 6.65. The first-order chi connectivity index (χ1) is 9.51. The standard InChI is InChI=1S/C14H18F3N3O/c1-13(2,3)20-7-6-19(12(20)21)11-5-4-9(8-10(11)18)14(15,16)17/h4-5,8H,6-7,18H2,1-3H3. The van der Waals surface area contributed by atoms with Crippen LogP contribution in [0.25, 0.3) is 0 Å². The topological polar surface area (TPSA) is 49.6 Å². The summed E-state index contributed by atoms with van der Waals surface area (Å²) in [5, 5.41) is 0. The number of halogens is 3. The summed E-state index contributed by atoms with van der Waals surface area (Å²) in [7, 11) is 0. The van der Waals surface area contributed by atoms with Crippen LogP contribution in [0.5, 0.6) is 0 Å². The van der Waals surface area contributed by atoms with Gasteiger partial charge in [0.05, 0.1) is 16.9 Å². The molecule has 1 aromatic rings. The van der Waals surface area contributed by atoms with Crippen LogP contribution in [-0.4, -0.2) is 29.6 Å². The molecular weight excluding hydrogens is 283 g/mol. The van der Waals surface area contributed by atoms with Crippen molar-refractivity contribution in [3.63, 3.8) is 0 Å². The van der Waals surface area contributed by atoms with Crippen LogP contribution in [0.4, 0.5) is 29.3 Å². The van der Waals surface area contributed by atoms with Gasteiger partial charge >= 0.3 is 12.2 Å². The second kappa shape index (κ2) is 4.82. The van der Waals surface area contributed by atoms with Crippen LogP contribution in [0.15, 0.2) is 18.2 Å². The molecule has 0 saturated carbocycles. The van der Waals surface area contributed by atoms with E-state index in [4.69, 9.17) is 5.73 Å². The third kappa shape index (κ3) is 2.91. The smallest absolute Gasteiger partial charge is 0.397 e. The van der Waals surface area contributed by atoms with Crippen LogP contribution in [0.3, 0.4) is 0 Å². The van der Waals surface area contributed by atoms with Gasteiger partial charge in [-0.05, 0) is 39.0 Å². The van der Waals surface area contributed by atoms with Gasteiger partial charge in [-0.15, -0.1) is 0 Å². The molecule has 4 nitrogen and oxygen atoms in total. The van der Waals surface area contributed by atoms with E-state index in [1.165, 1.54) is 11.0 Å². The van der Waals surface area contributed by atoms with Crippen LogP contribution in [0.2, 0.25) is 0 Å². The number of hydrogen-bond acceptors (Lipinski definition) is 2. The maximum absolute atomic E-state index is 12.6. The lowest BCUT2D eigenvalue weighted by atomic mass is 10.1. The molecule has 1 saturated heterocycles. The number of rotatable bonds is 1. The molecule has 1 heterocycles. The minimum absolute atomic E-state index is 0.0473. The normalized spacial score (nSPS) is 16.8. The number of alkyl halides is 3. The quantitative estimate of drug-likeness (QED) is 0.809. The van der Waals surface area contributed by atoms with Crippen molar-refractivity contribution in [1.82, 2.24) is 4.90 Å². The molecule has 0 spiro atoms. The van der Waals surface area contributed by atoms with Crippen molar-refractivity contribution in [3.8, 4) is 0 Å². The zero-order valence-corrected chi connectivity index (χ0v) is 12.2. The molecule has 1 fully saturated rings. The fourth-order valence-corrected chi connectivity index (χ4v) is 2.36. The van der Waals surface area contributed by atoms with E-state index in [9.17, 15) is 18.0 Å². The molecule has 0 aromatic heterocycles. The van der Waals surface area contributed by atoms with Crippen molar-refractivity contribution in [3.05, 3.63) is 23.8 Å². The number of carbonyl (C=O) groups is 1. The molecule has 1 aliphatic heterocycles. The number of benzene rings is 1. The fraction of sp³-hybridized carbons (Fsp3) is 0.500. The van der Waals surface area contributed by atoms with Crippen LogP contribution in [0.1, 0.15) is 26.3 Å². The van der Waals surface area contributed by atoms with E-state index >= 15 is 0 Å². The van der Waals surface area contributed by atoms with Crippen molar-refractivity contribution in [2.45, 2.75) is 32.5 Å². The maximum atomic E-state index is 12.6. The highest BCUT2D eigenvalue weighted by molar-refractivity contribution is 5.97. The second-order valence-electron chi connectivity index (χ2n) is 6.03. The zero-order valence-electron chi connectivity index (χ0n) is 12.2.